The van der Waals surface area contributed by atoms with E-state index in [2.05, 4.69) is 4.98 Å². The Hall–Kier alpha value is -1.21. The molecule has 5 nitrogen and oxygen atoms in total. The lowest BCUT2D eigenvalue weighted by atomic mass is 10.1. The molecule has 1 amide bonds. The molecular weight excluding hydrogens is 381 g/mol. The average Bonchev–Trinajstić information content (AvgIpc) is 2.85. The van der Waals surface area contributed by atoms with E-state index >= 15 is 0 Å². The highest BCUT2D eigenvalue weighted by Crippen LogP contribution is 2.30. The Bertz CT molecular complexity index is 679. The second-order valence-electron chi connectivity index (χ2n) is 4.58. The van der Waals surface area contributed by atoms with Gasteiger partial charge in [-0.25, -0.2) is 4.98 Å². The van der Waals surface area contributed by atoms with Crippen LogP contribution >= 0.6 is 47.8 Å². The summed E-state index contributed by atoms with van der Waals surface area (Å²) in [5.41, 5.74) is 6.49. The van der Waals surface area contributed by atoms with Crippen molar-refractivity contribution < 1.29 is 9.53 Å². The van der Waals surface area contributed by atoms with Gasteiger partial charge < -0.3 is 15.4 Å². The van der Waals surface area contributed by atoms with Gasteiger partial charge in [-0.05, 0) is 13.0 Å². The molecule has 0 atom stereocenters. The number of methoxy groups -OCH3 is 1. The molecule has 1 heterocycles. The molecule has 2 N–H and O–H groups in total. The summed E-state index contributed by atoms with van der Waals surface area (Å²) >= 11 is 7.56. The van der Waals surface area contributed by atoms with Crippen LogP contribution in [0.1, 0.15) is 20.2 Å². The maximum atomic E-state index is 12.5. The Labute approximate surface area is 156 Å². The summed E-state index contributed by atoms with van der Waals surface area (Å²) in [6.45, 7) is 2.41. The van der Waals surface area contributed by atoms with E-state index in [4.69, 9.17) is 22.1 Å². The van der Waals surface area contributed by atoms with E-state index in [-0.39, 0.29) is 30.7 Å². The van der Waals surface area contributed by atoms with Gasteiger partial charge in [-0.3, -0.25) is 4.79 Å². The second-order valence-corrected chi connectivity index (χ2v) is 6.31. The number of thiazole rings is 1. The van der Waals surface area contributed by atoms with Crippen molar-refractivity contribution in [3.05, 3.63) is 38.8 Å². The first-order valence-corrected chi connectivity index (χ1v) is 7.41. The van der Waals surface area contributed by atoms with Crippen molar-refractivity contribution in [3.8, 4) is 5.75 Å². The number of ether oxygens (including phenoxy) is 1. The number of halogens is 3. The van der Waals surface area contributed by atoms with Gasteiger partial charge in [0.15, 0.2) is 0 Å². The van der Waals surface area contributed by atoms with Gasteiger partial charge in [0.25, 0.3) is 5.91 Å². The van der Waals surface area contributed by atoms with Gasteiger partial charge in [-0.15, -0.1) is 36.2 Å². The van der Waals surface area contributed by atoms with E-state index in [9.17, 15) is 4.79 Å². The summed E-state index contributed by atoms with van der Waals surface area (Å²) in [4.78, 5) is 19.3. The van der Waals surface area contributed by atoms with Crippen LogP contribution in [0, 0.1) is 6.92 Å². The molecule has 0 radical (unpaired) electrons. The number of nitrogens with zero attached hydrogens (tertiary/aromatic N) is 2. The second kappa shape index (κ2) is 9.17. The highest BCUT2D eigenvalue weighted by Gasteiger charge is 2.19. The Morgan fingerprint density at radius 1 is 1.43 bits per heavy atom. The maximum Gasteiger partial charge on any atom is 0.257 e. The third kappa shape index (κ3) is 5.14. The fraction of sp³-hybridized carbons (Fsp3) is 0.286. The quantitative estimate of drug-likeness (QED) is 0.795. The number of benzene rings is 1. The van der Waals surface area contributed by atoms with Crippen LogP contribution in [0.3, 0.4) is 0 Å². The highest BCUT2D eigenvalue weighted by molar-refractivity contribution is 7.11. The highest BCUT2D eigenvalue weighted by atomic mass is 35.5. The molecule has 0 aliphatic carbocycles. The van der Waals surface area contributed by atoms with Gasteiger partial charge >= 0.3 is 0 Å². The van der Waals surface area contributed by atoms with Gasteiger partial charge in [0.1, 0.15) is 5.75 Å². The van der Waals surface area contributed by atoms with Crippen molar-refractivity contribution in [2.24, 2.45) is 0 Å². The van der Waals surface area contributed by atoms with Crippen molar-refractivity contribution in [1.29, 1.82) is 0 Å². The van der Waals surface area contributed by atoms with E-state index in [1.807, 2.05) is 6.92 Å². The van der Waals surface area contributed by atoms with Crippen LogP contribution in [0.2, 0.25) is 5.02 Å². The van der Waals surface area contributed by atoms with E-state index in [0.29, 0.717) is 28.6 Å². The van der Waals surface area contributed by atoms with E-state index in [1.54, 1.807) is 35.5 Å². The lowest BCUT2D eigenvalue weighted by Crippen LogP contribution is -2.26. The maximum absolute atomic E-state index is 12.5. The lowest BCUT2D eigenvalue weighted by molar-refractivity contribution is 0.0783. The van der Waals surface area contributed by atoms with Crippen LogP contribution in [-0.4, -0.2) is 29.9 Å². The van der Waals surface area contributed by atoms with Crippen LogP contribution < -0.4 is 10.5 Å². The van der Waals surface area contributed by atoms with Crippen LogP contribution in [0.25, 0.3) is 0 Å². The number of carbonyl (C=O) groups is 1. The number of anilines is 1. The molecule has 9 heteroatoms. The summed E-state index contributed by atoms with van der Waals surface area (Å²) < 4.78 is 5.21. The van der Waals surface area contributed by atoms with Crippen molar-refractivity contribution in [1.82, 2.24) is 9.88 Å². The first kappa shape index (κ1) is 21.8. The first-order chi connectivity index (χ1) is 9.92. The zero-order valence-corrected chi connectivity index (χ0v) is 16.0. The Kier molecular flexibility index (Phi) is 8.69. The number of hydrogen-bond acceptors (Lipinski definition) is 5. The van der Waals surface area contributed by atoms with E-state index in [0.717, 1.165) is 9.88 Å². The fourth-order valence-corrected chi connectivity index (χ4v) is 2.91. The minimum atomic E-state index is -0.181. The van der Waals surface area contributed by atoms with Crippen LogP contribution in [0.15, 0.2) is 18.3 Å². The number of amides is 1. The van der Waals surface area contributed by atoms with E-state index < -0.39 is 0 Å². The summed E-state index contributed by atoms with van der Waals surface area (Å²) in [5, 5.41) is 1.31. The summed E-state index contributed by atoms with van der Waals surface area (Å²) in [6, 6.07) is 3.09. The number of nitrogen functional groups attached to an aromatic ring is 1. The minimum Gasteiger partial charge on any atom is -0.496 e. The third-order valence-corrected chi connectivity index (χ3v) is 4.18. The molecule has 0 fully saturated rings. The number of carbonyl (C=O) groups excluding carboxylic acids is 1. The molecule has 1 aromatic heterocycles. The predicted octanol–water partition coefficient (Wildman–Crippen LogP) is 3.81. The molecule has 0 spiro atoms. The molecule has 2 aromatic rings. The van der Waals surface area contributed by atoms with Crippen molar-refractivity contribution in [2.75, 3.05) is 19.9 Å². The molecule has 0 unspecified atom stereocenters. The van der Waals surface area contributed by atoms with Gasteiger partial charge in [0, 0.05) is 24.2 Å². The number of aryl methyl sites for hydroxylation is 1. The summed E-state index contributed by atoms with van der Waals surface area (Å²) in [6.07, 6.45) is 1.77. The third-order valence-electron chi connectivity index (χ3n) is 2.96. The Morgan fingerprint density at radius 3 is 2.61 bits per heavy atom. The van der Waals surface area contributed by atoms with Crippen LogP contribution in [0.4, 0.5) is 5.69 Å². The van der Waals surface area contributed by atoms with Gasteiger partial charge in [0.05, 0.1) is 34.9 Å². The first-order valence-electron chi connectivity index (χ1n) is 6.22. The molecule has 2 rings (SSSR count). The van der Waals surface area contributed by atoms with Crippen molar-refractivity contribution >= 4 is 59.3 Å². The minimum absolute atomic E-state index is 0. The number of aromatic nitrogens is 1. The Morgan fingerprint density at radius 2 is 2.09 bits per heavy atom. The molecule has 1 aromatic carbocycles. The SMILES string of the molecule is COc1cc(N)c(Cl)cc1C(=O)N(C)Cc1cnc(C)s1.Cl.Cl. The molecular formula is C14H18Cl3N3O2S. The molecule has 23 heavy (non-hydrogen) atoms. The molecule has 0 bridgehead atoms. The monoisotopic (exact) mass is 397 g/mol. The Balaban J connectivity index is 0.00000242. The molecule has 0 saturated carbocycles. The van der Waals surface area contributed by atoms with Gasteiger partial charge in [-0.1, -0.05) is 11.6 Å². The zero-order chi connectivity index (χ0) is 15.6. The van der Waals surface area contributed by atoms with Crippen molar-refractivity contribution in [2.45, 2.75) is 13.5 Å². The average molecular weight is 399 g/mol. The molecule has 0 saturated heterocycles. The summed E-state index contributed by atoms with van der Waals surface area (Å²) in [7, 11) is 3.22. The summed E-state index contributed by atoms with van der Waals surface area (Å²) in [5.74, 6) is 0.231. The normalized spacial score (nSPS) is 9.57. The topological polar surface area (TPSA) is 68.5 Å². The number of hydrogen-bond donors (Lipinski definition) is 1. The predicted molar refractivity (Wildman–Crippen MR) is 99.6 cm³/mol. The lowest BCUT2D eigenvalue weighted by Gasteiger charge is -2.18. The molecule has 128 valence electrons. The standard InChI is InChI=1S/C14H16ClN3O2S.2ClH/c1-8-17-6-9(21-8)7-18(2)14(19)10-4-11(15)12(16)5-13(10)20-3;;/h4-6H,7,16H2,1-3H3;2*1H. The van der Waals surface area contributed by atoms with Gasteiger partial charge in [0.2, 0.25) is 0 Å². The van der Waals surface area contributed by atoms with Crippen LogP contribution in [-0.2, 0) is 6.54 Å². The van der Waals surface area contributed by atoms with E-state index in [1.165, 1.54) is 13.2 Å². The fourth-order valence-electron chi connectivity index (χ4n) is 1.89. The molecule has 0 aliphatic rings. The zero-order valence-electron chi connectivity index (χ0n) is 12.8. The largest absolute Gasteiger partial charge is 0.496 e. The smallest absolute Gasteiger partial charge is 0.257 e. The number of nitrogens with two attached hydrogens (primary N) is 1. The molecule has 0 aliphatic heterocycles. The van der Waals surface area contributed by atoms with Crippen LogP contribution in [0.5, 0.6) is 5.75 Å². The van der Waals surface area contributed by atoms with Gasteiger partial charge in [-0.2, -0.15) is 0 Å². The number of rotatable bonds is 4. The van der Waals surface area contributed by atoms with Crippen molar-refractivity contribution in [3.63, 3.8) is 0 Å².